The number of aliphatic hydroxyl groups excluding tert-OH is 1. The summed E-state index contributed by atoms with van der Waals surface area (Å²) in [5.74, 6) is -0.00977. The summed E-state index contributed by atoms with van der Waals surface area (Å²) in [6.45, 7) is 0.389. The Hall–Kier alpha value is -3.11. The minimum atomic E-state index is -3.75. The molecule has 0 aromatic heterocycles. The van der Waals surface area contributed by atoms with Gasteiger partial charge in [-0.15, -0.1) is 0 Å². The Bertz CT molecular complexity index is 1480. The van der Waals surface area contributed by atoms with Crippen molar-refractivity contribution in [2.75, 3.05) is 33.1 Å². The van der Waals surface area contributed by atoms with Gasteiger partial charge in [0.05, 0.1) is 17.3 Å². The van der Waals surface area contributed by atoms with Crippen LogP contribution in [-0.4, -0.2) is 68.8 Å². The molecule has 8 nitrogen and oxygen atoms in total. The number of halogens is 2. The van der Waals surface area contributed by atoms with E-state index in [1.165, 1.54) is 17.0 Å². The Balaban J connectivity index is 1.78. The number of ether oxygens (including phenoxy) is 2. The van der Waals surface area contributed by atoms with E-state index in [-0.39, 0.29) is 34.6 Å². The molecule has 4 rings (SSSR count). The van der Waals surface area contributed by atoms with Crippen LogP contribution >= 0.6 is 23.2 Å². The minimum absolute atomic E-state index is 0.0271. The zero-order valence-corrected chi connectivity index (χ0v) is 24.4. The van der Waals surface area contributed by atoms with E-state index in [0.29, 0.717) is 34.9 Å². The number of carbonyl (C=O) groups is 1. The molecule has 0 bridgehead atoms. The molecule has 1 heterocycles. The molecule has 1 aliphatic heterocycles. The van der Waals surface area contributed by atoms with Gasteiger partial charge < -0.3 is 19.5 Å². The fourth-order valence-corrected chi connectivity index (χ4v) is 6.36. The number of likely N-dealkylation sites (N-methyl/N-ethyl adjacent to an activating group) is 1. The summed E-state index contributed by atoms with van der Waals surface area (Å²) in [6.07, 6.45) is -0.674. The third-order valence-electron chi connectivity index (χ3n) is 6.51. The lowest BCUT2D eigenvalue weighted by atomic mass is 9.84. The highest BCUT2D eigenvalue weighted by atomic mass is 35.5. The van der Waals surface area contributed by atoms with E-state index < -0.39 is 27.4 Å². The summed E-state index contributed by atoms with van der Waals surface area (Å²) >= 11 is 12.7. The minimum Gasteiger partial charge on any atom is -0.494 e. The van der Waals surface area contributed by atoms with Gasteiger partial charge in [-0.2, -0.15) is 0 Å². The summed E-state index contributed by atoms with van der Waals surface area (Å²) in [5.41, 5.74) is -0.598. The van der Waals surface area contributed by atoms with Crippen LogP contribution in [0, 0.1) is 0 Å². The van der Waals surface area contributed by atoms with Gasteiger partial charge in [0.2, 0.25) is 5.90 Å². The van der Waals surface area contributed by atoms with E-state index in [1.807, 2.05) is 0 Å². The van der Waals surface area contributed by atoms with Gasteiger partial charge >= 0.3 is 0 Å². The van der Waals surface area contributed by atoms with Gasteiger partial charge in [0.1, 0.15) is 5.75 Å². The molecule has 212 valence electrons. The molecule has 0 saturated heterocycles. The van der Waals surface area contributed by atoms with Gasteiger partial charge in [0.15, 0.2) is 21.5 Å². The fourth-order valence-electron chi connectivity index (χ4n) is 4.47. The number of aliphatic imine (C=N–C) groups is 1. The molecule has 1 N–H and O–H groups in total. The van der Waals surface area contributed by atoms with Crippen molar-refractivity contribution in [2.45, 2.75) is 29.4 Å². The molecule has 0 radical (unpaired) electrons. The van der Waals surface area contributed by atoms with Crippen molar-refractivity contribution in [3.63, 3.8) is 0 Å². The van der Waals surface area contributed by atoms with Gasteiger partial charge in [-0.3, -0.25) is 4.79 Å². The normalized spacial score (nSPS) is 18.6. The SMILES string of the molecule is CN(C)C(=O)[C@]1(CCS(=O)(=O)c2ccccc2)N=C(c2ccc(OCCCO)cc2)O[C@@H]1c1ccc(Cl)cc1Cl. The largest absolute Gasteiger partial charge is 0.494 e. The van der Waals surface area contributed by atoms with Crippen LogP contribution < -0.4 is 4.74 Å². The van der Waals surface area contributed by atoms with Gasteiger partial charge in [0.25, 0.3) is 5.91 Å². The van der Waals surface area contributed by atoms with Gasteiger partial charge in [0, 0.05) is 54.7 Å². The zero-order chi connectivity index (χ0) is 28.9. The second-order valence-electron chi connectivity index (χ2n) is 9.54. The topological polar surface area (TPSA) is 106 Å². The number of aliphatic hydroxyl groups is 1. The highest BCUT2D eigenvalue weighted by Crippen LogP contribution is 2.46. The molecule has 11 heteroatoms. The molecule has 0 spiro atoms. The molecule has 0 unspecified atom stereocenters. The van der Waals surface area contributed by atoms with Crippen molar-refractivity contribution in [3.8, 4) is 5.75 Å². The lowest BCUT2D eigenvalue weighted by Crippen LogP contribution is -2.48. The van der Waals surface area contributed by atoms with E-state index in [9.17, 15) is 13.2 Å². The number of benzene rings is 3. The smallest absolute Gasteiger partial charge is 0.254 e. The van der Waals surface area contributed by atoms with Crippen molar-refractivity contribution in [1.29, 1.82) is 0 Å². The van der Waals surface area contributed by atoms with Crippen LogP contribution in [0.1, 0.15) is 30.1 Å². The Morgan fingerprint density at radius 1 is 1.07 bits per heavy atom. The molecule has 2 atom stereocenters. The monoisotopic (exact) mass is 604 g/mol. The lowest BCUT2D eigenvalue weighted by Gasteiger charge is -2.33. The molecule has 0 saturated carbocycles. The first-order chi connectivity index (χ1) is 19.1. The Labute approximate surface area is 244 Å². The third-order valence-corrected chi connectivity index (χ3v) is 8.81. The zero-order valence-electron chi connectivity index (χ0n) is 22.1. The van der Waals surface area contributed by atoms with Crippen LogP contribution in [0.4, 0.5) is 0 Å². The quantitative estimate of drug-likeness (QED) is 0.310. The van der Waals surface area contributed by atoms with Crippen LogP contribution in [0.25, 0.3) is 0 Å². The Morgan fingerprint density at radius 3 is 2.40 bits per heavy atom. The maximum absolute atomic E-state index is 13.9. The molecule has 3 aromatic carbocycles. The summed E-state index contributed by atoms with van der Waals surface area (Å²) in [5, 5.41) is 9.65. The average Bonchev–Trinajstić information content (AvgIpc) is 3.33. The summed E-state index contributed by atoms with van der Waals surface area (Å²) in [7, 11) is -0.579. The Kier molecular flexibility index (Phi) is 9.41. The maximum Gasteiger partial charge on any atom is 0.254 e. The predicted molar refractivity (Wildman–Crippen MR) is 155 cm³/mol. The van der Waals surface area contributed by atoms with E-state index in [0.717, 1.165) is 0 Å². The van der Waals surface area contributed by atoms with Crippen LogP contribution in [0.2, 0.25) is 10.0 Å². The number of hydrogen-bond acceptors (Lipinski definition) is 7. The maximum atomic E-state index is 13.9. The van der Waals surface area contributed by atoms with Gasteiger partial charge in [-0.1, -0.05) is 47.5 Å². The van der Waals surface area contributed by atoms with E-state index in [4.69, 9.17) is 42.8 Å². The van der Waals surface area contributed by atoms with E-state index >= 15 is 0 Å². The number of sulfone groups is 1. The number of amides is 1. The molecule has 0 aliphatic carbocycles. The average molecular weight is 606 g/mol. The molecular formula is C29H30Cl2N2O6S. The van der Waals surface area contributed by atoms with Gasteiger partial charge in [-0.25, -0.2) is 13.4 Å². The molecule has 1 amide bonds. The Morgan fingerprint density at radius 2 is 1.77 bits per heavy atom. The standard InChI is InChI=1S/C29H30Cl2N2O6S/c1-33(2)28(35)29(15-18-40(36,37)23-7-4-3-5-8-23)26(24-14-11-21(30)19-25(24)31)39-27(32-29)20-9-12-22(13-10-20)38-17-6-16-34/h3-5,7-14,19,26,34H,6,15-18H2,1-2H3/t26-,29-/m1/s1. The summed E-state index contributed by atoms with van der Waals surface area (Å²) in [4.78, 5) is 20.2. The number of carbonyl (C=O) groups excluding carboxylic acids is 1. The predicted octanol–water partition coefficient (Wildman–Crippen LogP) is 4.96. The van der Waals surface area contributed by atoms with Crippen molar-refractivity contribution in [3.05, 3.63) is 94.0 Å². The molecule has 1 aliphatic rings. The van der Waals surface area contributed by atoms with E-state index in [2.05, 4.69) is 0 Å². The summed E-state index contributed by atoms with van der Waals surface area (Å²) in [6, 6.07) is 19.9. The number of rotatable bonds is 11. The fraction of sp³-hybridized carbons (Fsp3) is 0.310. The highest BCUT2D eigenvalue weighted by molar-refractivity contribution is 7.91. The van der Waals surface area contributed by atoms with Crippen molar-refractivity contribution < 1.29 is 27.8 Å². The first kappa shape index (κ1) is 29.9. The second-order valence-corrected chi connectivity index (χ2v) is 12.5. The number of hydrogen-bond donors (Lipinski definition) is 1. The van der Waals surface area contributed by atoms with Crippen LogP contribution in [0.15, 0.2) is 82.7 Å². The highest BCUT2D eigenvalue weighted by Gasteiger charge is 2.54. The second kappa shape index (κ2) is 12.6. The van der Waals surface area contributed by atoms with E-state index in [1.54, 1.807) is 74.8 Å². The lowest BCUT2D eigenvalue weighted by molar-refractivity contribution is -0.137. The molecule has 0 fully saturated rings. The van der Waals surface area contributed by atoms with Crippen LogP contribution in [-0.2, 0) is 19.4 Å². The molecule has 3 aromatic rings. The van der Waals surface area contributed by atoms with Gasteiger partial charge in [-0.05, 0) is 48.5 Å². The van der Waals surface area contributed by atoms with Crippen LogP contribution in [0.5, 0.6) is 5.75 Å². The molecule has 40 heavy (non-hydrogen) atoms. The summed E-state index contributed by atoms with van der Waals surface area (Å²) < 4.78 is 38.5. The van der Waals surface area contributed by atoms with Crippen molar-refractivity contribution >= 4 is 44.8 Å². The third kappa shape index (κ3) is 6.44. The van der Waals surface area contributed by atoms with Crippen molar-refractivity contribution in [1.82, 2.24) is 4.90 Å². The molecular weight excluding hydrogens is 575 g/mol. The van der Waals surface area contributed by atoms with Crippen molar-refractivity contribution in [2.24, 2.45) is 4.99 Å². The number of nitrogens with zero attached hydrogens (tertiary/aromatic N) is 2. The first-order valence-corrected chi connectivity index (χ1v) is 15.0. The van der Waals surface area contributed by atoms with Crippen LogP contribution in [0.3, 0.4) is 0 Å². The first-order valence-electron chi connectivity index (χ1n) is 12.6.